The molecule has 4 aromatic carbocycles. The summed E-state index contributed by atoms with van der Waals surface area (Å²) in [6.45, 7) is 12.8. The van der Waals surface area contributed by atoms with E-state index in [0.717, 1.165) is 40.8 Å². The molecule has 2 N–H and O–H groups in total. The third-order valence-electron chi connectivity index (χ3n) is 8.58. The third kappa shape index (κ3) is 8.46. The van der Waals surface area contributed by atoms with Gasteiger partial charge in [0.25, 0.3) is 0 Å². The van der Waals surface area contributed by atoms with Gasteiger partial charge in [-0.3, -0.25) is 0 Å². The van der Waals surface area contributed by atoms with Crippen LogP contribution in [-0.2, 0) is 26.2 Å². The van der Waals surface area contributed by atoms with Crippen molar-refractivity contribution in [2.24, 2.45) is 0 Å². The standard InChI is InChI=1S/C28H38N2O2.C12H10O2.Mn/c1-27(2,3)21-13-9-11-19(25(21)31)17-29-23-15-7-8-16-24(23)30-18-20-12-10-14-22(26(20)32)28(4,5)6;13-10-6-8-12(9-7-10)14-11-4-2-1-3-5-11;/h9-14,17-18,23-24,31-32H,7-8,15-16H2,1-6H3;1-9,13H;/q;;+2/p-1/t23-,24-;;/m1../s1. The van der Waals surface area contributed by atoms with Gasteiger partial charge in [-0.05, 0) is 24.3 Å². The summed E-state index contributed by atoms with van der Waals surface area (Å²) in [6, 6.07) is 28.8. The molecule has 47 heavy (non-hydrogen) atoms. The van der Waals surface area contributed by atoms with E-state index in [-0.39, 0.29) is 16.6 Å². The molecule has 0 unspecified atom stereocenters. The molecule has 0 aromatic heterocycles. The Balaban J connectivity index is 0.000000257. The van der Waals surface area contributed by atoms with Gasteiger partial charge in [-0.15, -0.1) is 5.75 Å². The summed E-state index contributed by atoms with van der Waals surface area (Å²) >= 11 is 0.411. The van der Waals surface area contributed by atoms with Gasteiger partial charge in [0.05, 0.1) is 0 Å². The van der Waals surface area contributed by atoms with Crippen LogP contribution in [0.5, 0.6) is 28.7 Å². The summed E-state index contributed by atoms with van der Waals surface area (Å²) in [4.78, 5) is 0. The van der Waals surface area contributed by atoms with Crippen LogP contribution in [0.1, 0.15) is 89.5 Å². The molecule has 0 amide bonds. The van der Waals surface area contributed by atoms with Crippen molar-refractivity contribution in [2.45, 2.75) is 90.1 Å². The van der Waals surface area contributed by atoms with Crippen LogP contribution in [0.3, 0.4) is 0 Å². The number of aromatic hydroxyl groups is 2. The average molecular weight is 675 g/mol. The predicted octanol–water partition coefficient (Wildman–Crippen LogP) is 8.05. The Morgan fingerprint density at radius 2 is 1.09 bits per heavy atom. The van der Waals surface area contributed by atoms with Crippen molar-refractivity contribution in [1.29, 1.82) is 0 Å². The largest absolute Gasteiger partial charge is 0.872 e. The predicted molar refractivity (Wildman–Crippen MR) is 183 cm³/mol. The van der Waals surface area contributed by atoms with Crippen molar-refractivity contribution in [3.8, 4) is 28.7 Å². The Labute approximate surface area is 286 Å². The topological polar surface area (TPSA) is 78.8 Å². The number of hydrogen-bond donors (Lipinski definition) is 2. The van der Waals surface area contributed by atoms with Gasteiger partial charge in [0.15, 0.2) is 0 Å². The summed E-state index contributed by atoms with van der Waals surface area (Å²) in [6.07, 6.45) is 9.12. The van der Waals surface area contributed by atoms with E-state index in [1.807, 2.05) is 66.7 Å². The molecule has 6 rings (SSSR count). The van der Waals surface area contributed by atoms with Gasteiger partial charge in [-0.25, -0.2) is 0 Å². The van der Waals surface area contributed by atoms with Gasteiger partial charge in [0, 0.05) is 0 Å². The molecule has 247 valence electrons. The fourth-order valence-corrected chi connectivity index (χ4v) is 7.90. The summed E-state index contributed by atoms with van der Waals surface area (Å²) in [5.74, 6) is 2.22. The second-order valence-corrected chi connectivity index (χ2v) is 15.8. The third-order valence-corrected chi connectivity index (χ3v) is 10.2. The number of nitrogens with zero attached hydrogens (tertiary/aromatic N) is 2. The SMILES string of the molecule is CC(C)(C)c1cccc(C=[N+]2[Mn][N+](=Cc3cccc(C(C)(C)C)c3O)[C@@H]3CCCC[C@H]32)c1O.[O-]c1ccc(Oc2ccccc2)cc1. The quantitative estimate of drug-likeness (QED) is 0.215. The number of rotatable bonds is 4. The zero-order valence-corrected chi connectivity index (χ0v) is 29.5. The number of benzene rings is 4. The molecule has 2 aliphatic rings. The zero-order chi connectivity index (χ0) is 33.8. The number of fused-ring (bicyclic) bond motifs is 1. The molecule has 2 fully saturated rings. The van der Waals surface area contributed by atoms with Gasteiger partial charge in [0.2, 0.25) is 0 Å². The molecule has 1 saturated carbocycles. The molecule has 1 heterocycles. The number of phenols is 2. The molecule has 7 heteroatoms. The van der Waals surface area contributed by atoms with Crippen molar-refractivity contribution in [2.75, 3.05) is 0 Å². The van der Waals surface area contributed by atoms with Crippen molar-refractivity contribution in [3.05, 3.63) is 113 Å². The van der Waals surface area contributed by atoms with Crippen LogP contribution in [0.15, 0.2) is 91.0 Å². The minimum absolute atomic E-state index is 0.00888. The van der Waals surface area contributed by atoms with E-state index in [1.54, 1.807) is 12.1 Å². The van der Waals surface area contributed by atoms with Crippen LogP contribution in [-0.4, -0.2) is 41.9 Å². The van der Waals surface area contributed by atoms with Crippen LogP contribution < -0.4 is 9.84 Å². The van der Waals surface area contributed by atoms with Crippen LogP contribution in [0.4, 0.5) is 0 Å². The molecule has 0 spiro atoms. The van der Waals surface area contributed by atoms with Crippen molar-refractivity contribution in [3.63, 3.8) is 0 Å². The van der Waals surface area contributed by atoms with Gasteiger partial charge >= 0.3 is 206 Å². The Hall–Kier alpha value is -4.06. The minimum Gasteiger partial charge on any atom is -0.872 e. The molecular formula is C40H47MnN2O4+. The Morgan fingerprint density at radius 3 is 1.53 bits per heavy atom. The molecule has 1 saturated heterocycles. The van der Waals surface area contributed by atoms with Crippen LogP contribution in [0.2, 0.25) is 0 Å². The first-order valence-corrected chi connectivity index (χ1v) is 17.4. The van der Waals surface area contributed by atoms with Crippen LogP contribution >= 0.6 is 0 Å². The van der Waals surface area contributed by atoms with Gasteiger partial charge < -0.3 is 9.84 Å². The minimum atomic E-state index is -0.107. The average Bonchev–Trinajstić information content (AvgIpc) is 3.37. The molecule has 2 atom stereocenters. The van der Waals surface area contributed by atoms with Crippen LogP contribution in [0.25, 0.3) is 0 Å². The first-order valence-electron chi connectivity index (χ1n) is 16.4. The van der Waals surface area contributed by atoms with E-state index in [1.165, 1.54) is 25.0 Å². The van der Waals surface area contributed by atoms with E-state index >= 15 is 0 Å². The number of ether oxygens (including phenoxy) is 1. The molecule has 4 aromatic rings. The molecule has 1 aliphatic carbocycles. The van der Waals surface area contributed by atoms with Gasteiger partial charge in [0.1, 0.15) is 11.5 Å². The summed E-state index contributed by atoms with van der Waals surface area (Å²) < 4.78 is 10.3. The first-order chi connectivity index (χ1) is 22.3. The normalized spacial score (nSPS) is 19.6. The maximum Gasteiger partial charge on any atom is 0.127 e. The molecule has 0 radical (unpaired) electrons. The second-order valence-electron chi connectivity index (χ2n) is 14.3. The van der Waals surface area contributed by atoms with Crippen LogP contribution in [0, 0.1) is 0 Å². The van der Waals surface area contributed by atoms with Crippen molar-refractivity contribution >= 4 is 12.4 Å². The maximum absolute atomic E-state index is 11.0. The summed E-state index contributed by atoms with van der Waals surface area (Å²) in [5, 5.41) is 32.9. The van der Waals surface area contributed by atoms with E-state index in [0.29, 0.717) is 44.7 Å². The van der Waals surface area contributed by atoms with Gasteiger partial charge in [-0.2, -0.15) is 0 Å². The molecular weight excluding hydrogens is 627 g/mol. The Morgan fingerprint density at radius 1 is 0.638 bits per heavy atom. The molecule has 6 nitrogen and oxygen atoms in total. The fourth-order valence-electron chi connectivity index (χ4n) is 6.05. The Kier molecular flexibility index (Phi) is 10.5. The summed E-state index contributed by atoms with van der Waals surface area (Å²) in [5.41, 5.74) is 3.52. The number of para-hydroxylation sites is 3. The first kappa shape index (κ1) is 34.3. The molecule has 1 aliphatic heterocycles. The number of hydrogen-bond acceptors (Lipinski definition) is 4. The monoisotopic (exact) mass is 674 g/mol. The second kappa shape index (κ2) is 14.4. The van der Waals surface area contributed by atoms with Gasteiger partial charge in [-0.1, -0.05) is 30.3 Å². The smallest absolute Gasteiger partial charge is 0.127 e. The van der Waals surface area contributed by atoms with E-state index in [9.17, 15) is 15.3 Å². The maximum atomic E-state index is 11.0. The van der Waals surface area contributed by atoms with Crippen molar-refractivity contribution in [1.82, 2.24) is 0 Å². The van der Waals surface area contributed by atoms with Crippen molar-refractivity contribution < 1.29 is 42.6 Å². The summed E-state index contributed by atoms with van der Waals surface area (Å²) in [7, 11) is 0. The van der Waals surface area contributed by atoms with E-state index in [2.05, 4.69) is 61.2 Å². The Bertz CT molecular complexity index is 1650. The zero-order valence-electron chi connectivity index (χ0n) is 28.3. The fraction of sp³-hybridized carbons (Fsp3) is 0.350. The van der Waals surface area contributed by atoms with E-state index < -0.39 is 0 Å². The van der Waals surface area contributed by atoms with E-state index in [4.69, 9.17) is 4.74 Å². The number of phenolic OH excluding ortho intramolecular Hbond substituents is 2. The molecule has 0 bridgehead atoms.